The smallest absolute Gasteiger partial charge is 0.323 e. The summed E-state index contributed by atoms with van der Waals surface area (Å²) >= 11 is 0. The number of rotatable bonds is 6. The van der Waals surface area contributed by atoms with E-state index < -0.39 is 11.5 Å². The van der Waals surface area contributed by atoms with E-state index in [2.05, 4.69) is 4.90 Å². The van der Waals surface area contributed by atoms with Crippen LogP contribution in [0.2, 0.25) is 0 Å². The lowest BCUT2D eigenvalue weighted by Gasteiger charge is -2.41. The summed E-state index contributed by atoms with van der Waals surface area (Å²) in [5, 5.41) is 8.98. The summed E-state index contributed by atoms with van der Waals surface area (Å²) in [4.78, 5) is 13.5. The molecular weight excluding hydrogens is 252 g/mol. The summed E-state index contributed by atoms with van der Waals surface area (Å²) < 4.78 is 0. The SMILES string of the molecule is CC(N)(CCCCN1CCC2CCCCC2C1)C(=O)O. The highest BCUT2D eigenvalue weighted by atomic mass is 16.4. The molecule has 0 radical (unpaired) electrons. The molecule has 1 heterocycles. The second kappa shape index (κ2) is 6.90. The van der Waals surface area contributed by atoms with Gasteiger partial charge in [0.15, 0.2) is 0 Å². The molecule has 0 aromatic carbocycles. The van der Waals surface area contributed by atoms with Crippen LogP contribution in [0.3, 0.4) is 0 Å². The van der Waals surface area contributed by atoms with Crippen molar-refractivity contribution < 1.29 is 9.90 Å². The number of aliphatic carboxylic acids is 1. The molecular formula is C16H30N2O2. The van der Waals surface area contributed by atoms with Gasteiger partial charge in [0.1, 0.15) is 5.54 Å². The van der Waals surface area contributed by atoms with Crippen LogP contribution < -0.4 is 5.73 Å². The van der Waals surface area contributed by atoms with Crippen molar-refractivity contribution in [1.82, 2.24) is 4.90 Å². The number of carboxylic acid groups (broad SMARTS) is 1. The minimum atomic E-state index is -1.06. The lowest BCUT2D eigenvalue weighted by molar-refractivity contribution is -0.142. The molecule has 1 aliphatic carbocycles. The first-order chi connectivity index (χ1) is 9.49. The number of piperidine rings is 1. The van der Waals surface area contributed by atoms with Crippen molar-refractivity contribution in [3.05, 3.63) is 0 Å². The average molecular weight is 282 g/mol. The number of carbonyl (C=O) groups is 1. The van der Waals surface area contributed by atoms with Gasteiger partial charge in [0.05, 0.1) is 0 Å². The molecule has 0 aromatic rings. The van der Waals surface area contributed by atoms with Crippen LogP contribution in [0.25, 0.3) is 0 Å². The normalized spacial score (nSPS) is 30.5. The van der Waals surface area contributed by atoms with Crippen LogP contribution in [0.1, 0.15) is 58.3 Å². The first-order valence-electron chi connectivity index (χ1n) is 8.23. The summed E-state index contributed by atoms with van der Waals surface area (Å²) in [7, 11) is 0. The molecule has 1 saturated heterocycles. The number of nitrogens with zero attached hydrogens (tertiary/aromatic N) is 1. The van der Waals surface area contributed by atoms with Gasteiger partial charge in [-0.15, -0.1) is 0 Å². The van der Waals surface area contributed by atoms with Crippen LogP contribution in [0.15, 0.2) is 0 Å². The Morgan fingerprint density at radius 3 is 2.65 bits per heavy atom. The summed E-state index contributed by atoms with van der Waals surface area (Å²) in [6.07, 6.45) is 9.63. The molecule has 3 N–H and O–H groups in total. The van der Waals surface area contributed by atoms with E-state index in [0.29, 0.717) is 6.42 Å². The fourth-order valence-corrected chi connectivity index (χ4v) is 3.81. The van der Waals surface area contributed by atoms with Crippen molar-refractivity contribution in [1.29, 1.82) is 0 Å². The maximum absolute atomic E-state index is 10.9. The Bertz CT molecular complexity index is 330. The van der Waals surface area contributed by atoms with E-state index in [1.165, 1.54) is 45.2 Å². The monoisotopic (exact) mass is 282 g/mol. The van der Waals surface area contributed by atoms with Gasteiger partial charge in [-0.2, -0.15) is 0 Å². The van der Waals surface area contributed by atoms with Crippen molar-refractivity contribution in [3.63, 3.8) is 0 Å². The van der Waals surface area contributed by atoms with E-state index in [1.807, 2.05) is 0 Å². The molecule has 4 heteroatoms. The lowest BCUT2D eigenvalue weighted by atomic mass is 9.75. The van der Waals surface area contributed by atoms with Gasteiger partial charge in [0, 0.05) is 6.54 Å². The molecule has 4 nitrogen and oxygen atoms in total. The number of fused-ring (bicyclic) bond motifs is 1. The van der Waals surface area contributed by atoms with E-state index in [0.717, 1.165) is 31.2 Å². The third kappa shape index (κ3) is 4.19. The summed E-state index contributed by atoms with van der Waals surface area (Å²) in [6.45, 7) is 5.23. The summed E-state index contributed by atoms with van der Waals surface area (Å²) in [6, 6.07) is 0. The highest BCUT2D eigenvalue weighted by molar-refractivity contribution is 5.77. The Hall–Kier alpha value is -0.610. The van der Waals surface area contributed by atoms with Gasteiger partial charge in [-0.3, -0.25) is 4.79 Å². The first-order valence-corrected chi connectivity index (χ1v) is 8.23. The quantitative estimate of drug-likeness (QED) is 0.734. The Balaban J connectivity index is 1.64. The van der Waals surface area contributed by atoms with Crippen molar-refractivity contribution in [2.45, 2.75) is 63.8 Å². The number of nitrogens with two attached hydrogens (primary N) is 1. The minimum absolute atomic E-state index is 0.572. The number of carboxylic acids is 1. The predicted octanol–water partition coefficient (Wildman–Crippen LogP) is 2.47. The molecule has 0 amide bonds. The number of hydrogen-bond donors (Lipinski definition) is 2. The maximum atomic E-state index is 10.9. The highest BCUT2D eigenvalue weighted by Crippen LogP contribution is 2.36. The molecule has 0 bridgehead atoms. The molecule has 2 rings (SSSR count). The molecule has 116 valence electrons. The van der Waals surface area contributed by atoms with Gasteiger partial charge in [-0.05, 0) is 64.0 Å². The Morgan fingerprint density at radius 1 is 1.25 bits per heavy atom. The van der Waals surface area contributed by atoms with E-state index in [-0.39, 0.29) is 0 Å². The Kier molecular flexibility index (Phi) is 5.44. The number of hydrogen-bond acceptors (Lipinski definition) is 3. The minimum Gasteiger partial charge on any atom is -0.480 e. The van der Waals surface area contributed by atoms with Crippen molar-refractivity contribution in [2.75, 3.05) is 19.6 Å². The molecule has 0 spiro atoms. The molecule has 0 aromatic heterocycles. The lowest BCUT2D eigenvalue weighted by Crippen LogP contribution is -2.45. The van der Waals surface area contributed by atoms with Gasteiger partial charge in [-0.1, -0.05) is 19.3 Å². The van der Waals surface area contributed by atoms with Gasteiger partial charge in [0.25, 0.3) is 0 Å². The van der Waals surface area contributed by atoms with Crippen LogP contribution in [0.5, 0.6) is 0 Å². The number of likely N-dealkylation sites (tertiary alicyclic amines) is 1. The molecule has 2 fully saturated rings. The van der Waals surface area contributed by atoms with Crippen molar-refractivity contribution in [3.8, 4) is 0 Å². The van der Waals surface area contributed by atoms with E-state index >= 15 is 0 Å². The fraction of sp³-hybridized carbons (Fsp3) is 0.938. The second-order valence-electron chi connectivity index (χ2n) is 7.07. The molecule has 1 aliphatic heterocycles. The topological polar surface area (TPSA) is 66.6 Å². The second-order valence-corrected chi connectivity index (χ2v) is 7.07. The maximum Gasteiger partial charge on any atom is 0.323 e. The van der Waals surface area contributed by atoms with Crippen LogP contribution in [-0.2, 0) is 4.79 Å². The van der Waals surface area contributed by atoms with Gasteiger partial charge in [0.2, 0.25) is 0 Å². The third-order valence-corrected chi connectivity index (χ3v) is 5.28. The molecule has 3 unspecified atom stereocenters. The standard InChI is InChI=1S/C16H30N2O2/c1-16(17,15(19)20)9-4-5-10-18-11-8-13-6-2-3-7-14(13)12-18/h13-14H,2-12,17H2,1H3,(H,19,20). The molecule has 2 aliphatic rings. The average Bonchev–Trinajstić information content (AvgIpc) is 2.43. The summed E-state index contributed by atoms with van der Waals surface area (Å²) in [5.74, 6) is 1.02. The van der Waals surface area contributed by atoms with E-state index in [9.17, 15) is 4.79 Å². The Labute approximate surface area is 122 Å². The van der Waals surface area contributed by atoms with Gasteiger partial charge < -0.3 is 15.7 Å². The van der Waals surface area contributed by atoms with Gasteiger partial charge >= 0.3 is 5.97 Å². The molecule has 3 atom stereocenters. The first kappa shape index (κ1) is 15.8. The van der Waals surface area contributed by atoms with Crippen molar-refractivity contribution in [2.24, 2.45) is 17.6 Å². The van der Waals surface area contributed by atoms with E-state index in [4.69, 9.17) is 10.8 Å². The fourth-order valence-electron chi connectivity index (χ4n) is 3.81. The molecule has 20 heavy (non-hydrogen) atoms. The largest absolute Gasteiger partial charge is 0.480 e. The predicted molar refractivity (Wildman–Crippen MR) is 80.6 cm³/mol. The number of unbranched alkanes of at least 4 members (excludes halogenated alkanes) is 1. The van der Waals surface area contributed by atoms with Crippen LogP contribution in [0.4, 0.5) is 0 Å². The van der Waals surface area contributed by atoms with Crippen LogP contribution in [-0.4, -0.2) is 41.1 Å². The zero-order valence-corrected chi connectivity index (χ0v) is 12.8. The van der Waals surface area contributed by atoms with E-state index in [1.54, 1.807) is 6.92 Å². The summed E-state index contributed by atoms with van der Waals surface area (Å²) in [5.41, 5.74) is 4.69. The Morgan fingerprint density at radius 2 is 1.95 bits per heavy atom. The third-order valence-electron chi connectivity index (χ3n) is 5.28. The zero-order valence-electron chi connectivity index (χ0n) is 12.8. The molecule has 1 saturated carbocycles. The zero-order chi connectivity index (χ0) is 14.6. The van der Waals surface area contributed by atoms with Crippen molar-refractivity contribution >= 4 is 5.97 Å². The van der Waals surface area contributed by atoms with Crippen LogP contribution in [0, 0.1) is 11.8 Å². The highest BCUT2D eigenvalue weighted by Gasteiger charge is 2.31. The van der Waals surface area contributed by atoms with Crippen LogP contribution >= 0.6 is 0 Å². The van der Waals surface area contributed by atoms with Gasteiger partial charge in [-0.25, -0.2) is 0 Å².